The molecule has 2 atom stereocenters. The molecule has 2 aliphatic rings. The number of hydrogen-bond donors (Lipinski definition) is 2. The maximum absolute atomic E-state index is 6.09. The summed E-state index contributed by atoms with van der Waals surface area (Å²) in [6.45, 7) is 1.41. The molecule has 3 N–H and O–H groups in total. The summed E-state index contributed by atoms with van der Waals surface area (Å²) < 4.78 is 11.5. The third-order valence-electron chi connectivity index (χ3n) is 4.47. The van der Waals surface area contributed by atoms with Crippen LogP contribution in [0.1, 0.15) is 43.8 Å². The molecule has 2 aromatic rings. The minimum absolute atomic E-state index is 0.306. The fraction of sp³-hybridized carbons (Fsp3) is 0.562. The first-order valence-corrected chi connectivity index (χ1v) is 7.84. The molecule has 1 aliphatic heterocycles. The Morgan fingerprint density at radius 2 is 1.90 bits per heavy atom. The first kappa shape index (κ1) is 13.0. The van der Waals surface area contributed by atoms with Gasteiger partial charge < -0.3 is 20.2 Å². The fourth-order valence-electron chi connectivity index (χ4n) is 3.36. The van der Waals surface area contributed by atoms with Crippen molar-refractivity contribution in [1.82, 2.24) is 9.97 Å². The Balaban J connectivity index is 1.69. The van der Waals surface area contributed by atoms with Crippen molar-refractivity contribution < 1.29 is 9.47 Å². The molecule has 1 aromatic heterocycles. The fourth-order valence-corrected chi connectivity index (χ4v) is 3.36. The van der Waals surface area contributed by atoms with Crippen LogP contribution in [-0.4, -0.2) is 29.2 Å². The predicted octanol–water partition coefficient (Wildman–Crippen LogP) is 2.71. The number of aromatic amines is 1. The molecule has 4 rings (SSSR count). The first-order valence-electron chi connectivity index (χ1n) is 7.84. The van der Waals surface area contributed by atoms with Crippen molar-refractivity contribution in [2.75, 3.05) is 13.2 Å². The normalized spacial score (nSPS) is 25.8. The predicted molar refractivity (Wildman–Crippen MR) is 80.9 cm³/mol. The van der Waals surface area contributed by atoms with Crippen LogP contribution < -0.4 is 15.2 Å². The van der Waals surface area contributed by atoms with E-state index in [1.54, 1.807) is 0 Å². The highest BCUT2D eigenvalue weighted by atomic mass is 16.5. The number of nitrogens with zero attached hydrogens (tertiary/aromatic N) is 1. The number of imidazole rings is 1. The van der Waals surface area contributed by atoms with Crippen LogP contribution in [0.3, 0.4) is 0 Å². The topological polar surface area (TPSA) is 73.2 Å². The minimum Gasteiger partial charge on any atom is -0.489 e. The van der Waals surface area contributed by atoms with Crippen LogP contribution in [0.2, 0.25) is 0 Å². The lowest BCUT2D eigenvalue weighted by Gasteiger charge is -2.24. The second-order valence-corrected chi connectivity index (χ2v) is 6.11. The van der Waals surface area contributed by atoms with E-state index in [1.165, 1.54) is 12.8 Å². The molecule has 0 amide bonds. The third kappa shape index (κ3) is 2.46. The molecule has 2 unspecified atom stereocenters. The van der Waals surface area contributed by atoms with Gasteiger partial charge in [-0.15, -0.1) is 0 Å². The van der Waals surface area contributed by atoms with Crippen LogP contribution >= 0.6 is 0 Å². The third-order valence-corrected chi connectivity index (χ3v) is 4.47. The van der Waals surface area contributed by atoms with Crippen LogP contribution in [-0.2, 0) is 0 Å². The zero-order chi connectivity index (χ0) is 14.2. The molecule has 1 saturated carbocycles. The Kier molecular flexibility index (Phi) is 3.22. The summed E-state index contributed by atoms with van der Waals surface area (Å²) in [5, 5.41) is 0. The zero-order valence-corrected chi connectivity index (χ0v) is 12.1. The minimum atomic E-state index is 0.306. The molecule has 1 fully saturated rings. The second-order valence-electron chi connectivity index (χ2n) is 6.11. The maximum atomic E-state index is 6.09. The lowest BCUT2D eigenvalue weighted by molar-refractivity contribution is 0.297. The van der Waals surface area contributed by atoms with E-state index in [-0.39, 0.29) is 0 Å². The molecule has 0 bridgehead atoms. The number of aromatic nitrogens is 2. The largest absolute Gasteiger partial charge is 0.489 e. The molecule has 0 radical (unpaired) electrons. The quantitative estimate of drug-likeness (QED) is 0.845. The van der Waals surface area contributed by atoms with E-state index < -0.39 is 0 Å². The number of nitrogens with two attached hydrogens (primary N) is 1. The summed E-state index contributed by atoms with van der Waals surface area (Å²) in [4.78, 5) is 8.22. The van der Waals surface area contributed by atoms with Gasteiger partial charge in [-0.3, -0.25) is 0 Å². The molecule has 0 spiro atoms. The Labute approximate surface area is 123 Å². The molecule has 112 valence electrons. The summed E-state index contributed by atoms with van der Waals surface area (Å²) in [6.07, 6.45) is 5.42. The molecule has 0 saturated heterocycles. The summed E-state index contributed by atoms with van der Waals surface area (Å²) in [5.41, 5.74) is 8.07. The molecule has 2 heterocycles. The van der Waals surface area contributed by atoms with Crippen molar-refractivity contribution in [2.24, 2.45) is 5.73 Å². The van der Waals surface area contributed by atoms with Crippen molar-refractivity contribution in [1.29, 1.82) is 0 Å². The van der Waals surface area contributed by atoms with Gasteiger partial charge in [-0.1, -0.05) is 6.42 Å². The van der Waals surface area contributed by atoms with E-state index in [9.17, 15) is 0 Å². The van der Waals surface area contributed by atoms with Gasteiger partial charge in [0.15, 0.2) is 11.5 Å². The van der Waals surface area contributed by atoms with Gasteiger partial charge in [-0.2, -0.15) is 0 Å². The second kappa shape index (κ2) is 5.22. The van der Waals surface area contributed by atoms with Crippen LogP contribution in [0.15, 0.2) is 12.1 Å². The lowest BCUT2D eigenvalue weighted by Crippen LogP contribution is -2.27. The van der Waals surface area contributed by atoms with Crippen molar-refractivity contribution in [3.63, 3.8) is 0 Å². The van der Waals surface area contributed by atoms with E-state index in [1.807, 2.05) is 12.1 Å². The van der Waals surface area contributed by atoms with Crippen LogP contribution in [0, 0.1) is 0 Å². The van der Waals surface area contributed by atoms with Crippen molar-refractivity contribution >= 4 is 11.0 Å². The monoisotopic (exact) mass is 287 g/mol. The number of ether oxygens (including phenoxy) is 2. The van der Waals surface area contributed by atoms with Gasteiger partial charge in [0.1, 0.15) is 5.82 Å². The number of nitrogens with one attached hydrogen (secondary N) is 1. The highest BCUT2D eigenvalue weighted by Crippen LogP contribution is 2.36. The number of fused-ring (bicyclic) bond motifs is 2. The lowest BCUT2D eigenvalue weighted by atomic mass is 9.86. The average Bonchev–Trinajstić information content (AvgIpc) is 2.76. The van der Waals surface area contributed by atoms with Gasteiger partial charge in [0.25, 0.3) is 0 Å². The Morgan fingerprint density at radius 3 is 2.71 bits per heavy atom. The molecule has 1 aromatic carbocycles. The van der Waals surface area contributed by atoms with E-state index in [4.69, 9.17) is 20.2 Å². The Hall–Kier alpha value is -1.75. The van der Waals surface area contributed by atoms with Gasteiger partial charge in [0, 0.05) is 30.5 Å². The molecule has 21 heavy (non-hydrogen) atoms. The summed E-state index contributed by atoms with van der Waals surface area (Å²) in [7, 11) is 0. The van der Waals surface area contributed by atoms with Crippen LogP contribution in [0.5, 0.6) is 11.5 Å². The van der Waals surface area contributed by atoms with Gasteiger partial charge in [0.2, 0.25) is 0 Å². The standard InChI is InChI=1S/C16H21N3O2/c17-11-4-1-3-10(7-11)16-18-12-8-14-15(9-13(12)19-16)21-6-2-5-20-14/h8-11H,1-7,17H2,(H,18,19). The first-order chi connectivity index (χ1) is 10.3. The SMILES string of the molecule is NC1CCCC(c2nc3cc4c(cc3[nH]2)OCCCO4)C1. The molecule has 5 heteroatoms. The van der Waals surface area contributed by atoms with E-state index in [0.29, 0.717) is 25.2 Å². The van der Waals surface area contributed by atoms with E-state index >= 15 is 0 Å². The van der Waals surface area contributed by atoms with E-state index in [2.05, 4.69) is 4.98 Å². The van der Waals surface area contributed by atoms with Crippen LogP contribution in [0.4, 0.5) is 0 Å². The highest BCUT2D eigenvalue weighted by Gasteiger charge is 2.24. The Bertz CT molecular complexity index is 609. The number of hydrogen-bond acceptors (Lipinski definition) is 4. The smallest absolute Gasteiger partial charge is 0.163 e. The van der Waals surface area contributed by atoms with Gasteiger partial charge in [0.05, 0.1) is 24.2 Å². The average molecular weight is 287 g/mol. The van der Waals surface area contributed by atoms with E-state index in [0.717, 1.165) is 47.6 Å². The Morgan fingerprint density at radius 1 is 1.10 bits per heavy atom. The zero-order valence-electron chi connectivity index (χ0n) is 12.1. The van der Waals surface area contributed by atoms with Gasteiger partial charge in [-0.05, 0) is 19.3 Å². The van der Waals surface area contributed by atoms with Crippen LogP contribution in [0.25, 0.3) is 11.0 Å². The number of rotatable bonds is 1. The summed E-state index contributed by atoms with van der Waals surface area (Å²) >= 11 is 0. The van der Waals surface area contributed by atoms with Crippen molar-refractivity contribution in [3.05, 3.63) is 18.0 Å². The maximum Gasteiger partial charge on any atom is 0.163 e. The summed E-state index contributed by atoms with van der Waals surface area (Å²) in [5.74, 6) is 3.12. The van der Waals surface area contributed by atoms with Crippen molar-refractivity contribution in [3.8, 4) is 11.5 Å². The molecular formula is C16H21N3O2. The number of H-pyrrole nitrogens is 1. The highest BCUT2D eigenvalue weighted by molar-refractivity contribution is 5.80. The van der Waals surface area contributed by atoms with Gasteiger partial charge in [-0.25, -0.2) is 4.98 Å². The molecular weight excluding hydrogens is 266 g/mol. The van der Waals surface area contributed by atoms with Crippen molar-refractivity contribution in [2.45, 2.75) is 44.1 Å². The number of benzene rings is 1. The summed E-state index contributed by atoms with van der Waals surface area (Å²) in [6, 6.07) is 4.30. The molecule has 1 aliphatic carbocycles. The molecule has 5 nitrogen and oxygen atoms in total. The van der Waals surface area contributed by atoms with Gasteiger partial charge >= 0.3 is 0 Å².